The smallest absolute Gasteiger partial charge is 0.252 e. The summed E-state index contributed by atoms with van der Waals surface area (Å²) in [4.78, 5) is 30.2. The number of fused-ring (bicyclic) bond motifs is 1. The average molecular weight is 461 g/mol. The molecule has 6 atom stereocenters. The summed E-state index contributed by atoms with van der Waals surface area (Å²) in [6.45, 7) is 8.51. The minimum atomic E-state index is -0.277. The van der Waals surface area contributed by atoms with Crippen molar-refractivity contribution in [1.82, 2.24) is 20.2 Å². The van der Waals surface area contributed by atoms with Crippen LogP contribution in [0.4, 0.5) is 0 Å². The highest BCUT2D eigenvalue weighted by atomic mass is 16.5. The van der Waals surface area contributed by atoms with Crippen molar-refractivity contribution in [2.24, 2.45) is 17.8 Å². The van der Waals surface area contributed by atoms with E-state index in [4.69, 9.17) is 4.74 Å². The molecule has 186 valence electrons. The van der Waals surface area contributed by atoms with Gasteiger partial charge in [0.2, 0.25) is 5.91 Å². The van der Waals surface area contributed by atoms with E-state index in [0.717, 1.165) is 51.1 Å². The van der Waals surface area contributed by atoms with Crippen molar-refractivity contribution >= 4 is 11.8 Å². The van der Waals surface area contributed by atoms with Gasteiger partial charge in [0, 0.05) is 45.8 Å². The molecule has 3 saturated heterocycles. The zero-order valence-electron chi connectivity index (χ0n) is 20.7. The van der Waals surface area contributed by atoms with E-state index < -0.39 is 0 Å². The summed E-state index contributed by atoms with van der Waals surface area (Å²) >= 11 is 0. The highest BCUT2D eigenvalue weighted by molar-refractivity contribution is 5.82. The Morgan fingerprint density at radius 2 is 1.76 bits per heavy atom. The number of nitrogens with zero attached hydrogens (tertiary/aromatic N) is 3. The van der Waals surface area contributed by atoms with Crippen LogP contribution in [-0.2, 0) is 14.3 Å². The van der Waals surface area contributed by atoms with Gasteiger partial charge in [0.25, 0.3) is 5.91 Å². The third-order valence-corrected chi connectivity index (χ3v) is 9.27. The van der Waals surface area contributed by atoms with Crippen molar-refractivity contribution < 1.29 is 14.3 Å². The van der Waals surface area contributed by atoms with E-state index in [2.05, 4.69) is 27.2 Å². The van der Waals surface area contributed by atoms with Crippen LogP contribution in [0.3, 0.4) is 0 Å². The van der Waals surface area contributed by atoms with Crippen molar-refractivity contribution in [3.63, 3.8) is 0 Å². The fourth-order valence-electron chi connectivity index (χ4n) is 7.63. The largest absolute Gasteiger partial charge is 0.368 e. The Hall–Kier alpha value is -1.18. The molecule has 5 unspecified atom stereocenters. The molecule has 0 bridgehead atoms. The molecule has 1 N–H and O–H groups in total. The highest BCUT2D eigenvalue weighted by Gasteiger charge is 2.49. The van der Waals surface area contributed by atoms with Gasteiger partial charge in [0.05, 0.1) is 12.1 Å². The molecular weight excluding hydrogens is 416 g/mol. The summed E-state index contributed by atoms with van der Waals surface area (Å²) in [5.41, 5.74) is 3.70. The third-order valence-electron chi connectivity index (χ3n) is 9.27. The summed E-state index contributed by atoms with van der Waals surface area (Å²) in [7, 11) is 0. The van der Waals surface area contributed by atoms with Gasteiger partial charge in [-0.15, -0.1) is 0 Å². The second-order valence-corrected chi connectivity index (χ2v) is 11.5. The molecule has 2 amide bonds. The molecule has 0 radical (unpaired) electrons. The highest BCUT2D eigenvalue weighted by Crippen LogP contribution is 2.40. The number of ether oxygens (including phenoxy) is 1. The van der Waals surface area contributed by atoms with Crippen LogP contribution in [0.25, 0.3) is 0 Å². The maximum absolute atomic E-state index is 13.5. The number of carbonyl (C=O) groups is 2. The summed E-state index contributed by atoms with van der Waals surface area (Å²) in [6, 6.07) is 0.360. The molecule has 5 fully saturated rings. The number of hydrogen-bond acceptors (Lipinski definition) is 5. The van der Waals surface area contributed by atoms with E-state index in [0.29, 0.717) is 25.0 Å². The summed E-state index contributed by atoms with van der Waals surface area (Å²) in [5.74, 6) is 2.42. The molecule has 3 heterocycles. The van der Waals surface area contributed by atoms with Gasteiger partial charge in [-0.2, -0.15) is 0 Å². The molecule has 0 aromatic heterocycles. The Bertz CT molecular complexity index is 706. The summed E-state index contributed by atoms with van der Waals surface area (Å²) < 4.78 is 5.78. The van der Waals surface area contributed by atoms with Crippen LogP contribution in [0.5, 0.6) is 0 Å². The van der Waals surface area contributed by atoms with E-state index in [-0.39, 0.29) is 36.0 Å². The average Bonchev–Trinajstić information content (AvgIpc) is 3.51. The third kappa shape index (κ3) is 4.96. The summed E-state index contributed by atoms with van der Waals surface area (Å²) in [6.07, 6.45) is 11.7. The molecule has 2 aliphatic carbocycles. The van der Waals surface area contributed by atoms with Crippen molar-refractivity contribution in [3.05, 3.63) is 0 Å². The zero-order valence-corrected chi connectivity index (χ0v) is 20.7. The van der Waals surface area contributed by atoms with Gasteiger partial charge < -0.3 is 14.5 Å². The van der Waals surface area contributed by atoms with Gasteiger partial charge in [-0.3, -0.25) is 15.0 Å². The van der Waals surface area contributed by atoms with Crippen LogP contribution in [0.1, 0.15) is 78.1 Å². The Kier molecular flexibility index (Phi) is 7.29. The van der Waals surface area contributed by atoms with E-state index in [1.165, 1.54) is 38.6 Å². The van der Waals surface area contributed by atoms with Crippen LogP contribution >= 0.6 is 0 Å². The number of hydrazine groups is 1. The standard InChI is InChI=1S/C26H44N4O3/c1-18-15-29(26(32)25-9-6-12-33-25)24-13-21(10-11-23(24)30(18)19(2)31)22-14-27-28(17-22)16-20-7-4-3-5-8-20/h18,20-25,27H,3-17H2,1-2H3/t18-,21?,22?,23?,24?,25?/m0/s1. The molecule has 3 aliphatic heterocycles. The molecular formula is C26H44N4O3. The first-order valence-electron chi connectivity index (χ1n) is 13.7. The number of hydrogen-bond donors (Lipinski definition) is 1. The SMILES string of the molecule is CC(=O)N1C2CCC(C3CNN(CC4CCCCC4)C3)CC2N(C(=O)C2CCCO2)C[C@@H]1C. The first-order chi connectivity index (χ1) is 16.0. The van der Waals surface area contributed by atoms with E-state index >= 15 is 0 Å². The predicted molar refractivity (Wildman–Crippen MR) is 127 cm³/mol. The van der Waals surface area contributed by atoms with Crippen LogP contribution in [0.2, 0.25) is 0 Å². The zero-order chi connectivity index (χ0) is 22.9. The van der Waals surface area contributed by atoms with Crippen molar-refractivity contribution in [2.45, 2.75) is 102 Å². The summed E-state index contributed by atoms with van der Waals surface area (Å²) in [5, 5.41) is 2.49. The lowest BCUT2D eigenvalue weighted by Crippen LogP contribution is -2.68. The van der Waals surface area contributed by atoms with Crippen molar-refractivity contribution in [2.75, 3.05) is 32.8 Å². The van der Waals surface area contributed by atoms with Crippen LogP contribution < -0.4 is 5.43 Å². The number of piperazine rings is 1. The molecule has 0 aromatic rings. The fraction of sp³-hybridized carbons (Fsp3) is 0.923. The van der Waals surface area contributed by atoms with Gasteiger partial charge in [-0.1, -0.05) is 19.3 Å². The molecule has 5 aliphatic rings. The monoisotopic (exact) mass is 460 g/mol. The van der Waals surface area contributed by atoms with Gasteiger partial charge in [-0.25, -0.2) is 5.01 Å². The normalized spacial score (nSPS) is 38.5. The first kappa shape index (κ1) is 23.6. The number of amides is 2. The number of nitrogens with one attached hydrogen (secondary N) is 1. The number of carbonyl (C=O) groups excluding carboxylic acids is 2. The molecule has 7 nitrogen and oxygen atoms in total. The van der Waals surface area contributed by atoms with E-state index in [1.54, 1.807) is 6.92 Å². The predicted octanol–water partition coefficient (Wildman–Crippen LogP) is 2.80. The molecule has 7 heteroatoms. The lowest BCUT2D eigenvalue weighted by Gasteiger charge is -2.54. The van der Waals surface area contributed by atoms with Crippen LogP contribution in [-0.4, -0.2) is 83.6 Å². The molecule has 0 spiro atoms. The second-order valence-electron chi connectivity index (χ2n) is 11.5. The van der Waals surface area contributed by atoms with Crippen LogP contribution in [0, 0.1) is 17.8 Å². The Morgan fingerprint density at radius 1 is 0.939 bits per heavy atom. The second kappa shape index (κ2) is 10.2. The Balaban J connectivity index is 1.26. The maximum atomic E-state index is 13.5. The van der Waals surface area contributed by atoms with Crippen molar-refractivity contribution in [3.8, 4) is 0 Å². The molecule has 0 aromatic carbocycles. The van der Waals surface area contributed by atoms with Gasteiger partial charge in [-0.05, 0) is 69.6 Å². The maximum Gasteiger partial charge on any atom is 0.252 e. The fourth-order valence-corrected chi connectivity index (χ4v) is 7.63. The molecule has 2 saturated carbocycles. The Morgan fingerprint density at radius 3 is 2.48 bits per heavy atom. The first-order valence-corrected chi connectivity index (χ1v) is 13.7. The van der Waals surface area contributed by atoms with Crippen LogP contribution in [0.15, 0.2) is 0 Å². The lowest BCUT2D eigenvalue weighted by atomic mass is 9.73. The number of rotatable bonds is 4. The topological polar surface area (TPSA) is 65.1 Å². The molecule has 5 rings (SSSR count). The van der Waals surface area contributed by atoms with Gasteiger partial charge >= 0.3 is 0 Å². The molecule has 33 heavy (non-hydrogen) atoms. The quantitative estimate of drug-likeness (QED) is 0.699. The minimum Gasteiger partial charge on any atom is -0.368 e. The van der Waals surface area contributed by atoms with E-state index in [1.807, 2.05) is 0 Å². The lowest BCUT2D eigenvalue weighted by molar-refractivity contribution is -0.160. The van der Waals surface area contributed by atoms with Gasteiger partial charge in [0.15, 0.2) is 0 Å². The van der Waals surface area contributed by atoms with Crippen molar-refractivity contribution in [1.29, 1.82) is 0 Å². The van der Waals surface area contributed by atoms with E-state index in [9.17, 15) is 9.59 Å². The Labute approximate surface area is 199 Å². The van der Waals surface area contributed by atoms with Gasteiger partial charge in [0.1, 0.15) is 6.10 Å². The minimum absolute atomic E-state index is 0.0739.